The molecule has 0 heterocycles. The highest BCUT2D eigenvalue weighted by Crippen LogP contribution is 1.77. The molecule has 1 radical (unpaired) electrons. The molecule has 0 aromatic carbocycles. The lowest BCUT2D eigenvalue weighted by Crippen LogP contribution is -1.88. The molecule has 0 atom stereocenters. The van der Waals surface area contributed by atoms with Crippen LogP contribution in [-0.2, 0) is 0 Å². The van der Waals surface area contributed by atoms with Gasteiger partial charge < -0.3 is 0 Å². The molecule has 1 N–H and O–H groups in total. The normalized spacial score (nSPS) is 7.33. The minimum Gasteiger partial charge on any atom is -0.293 e. The lowest BCUT2D eigenvalue weighted by atomic mass is 10.4. The summed E-state index contributed by atoms with van der Waals surface area (Å²) in [5.41, 5.74) is 6.64. The monoisotopic (exact) mass is 100 g/mol. The van der Waals surface area contributed by atoms with Gasteiger partial charge in [0.25, 0.3) is 0 Å². The minimum absolute atomic E-state index is 0.255. The fourth-order valence-electron chi connectivity index (χ4n) is 0.131. The van der Waals surface area contributed by atoms with Gasteiger partial charge in [0, 0.05) is 6.42 Å². The van der Waals surface area contributed by atoms with Crippen LogP contribution >= 0.6 is 12.2 Å². The van der Waals surface area contributed by atoms with Gasteiger partial charge in [-0.25, -0.2) is 0 Å². The van der Waals surface area contributed by atoms with Crippen molar-refractivity contribution in [1.29, 1.82) is 0 Å². The Bertz CT molecular complexity index is 67.9. The maximum atomic E-state index is 6.64. The summed E-state index contributed by atoms with van der Waals surface area (Å²) in [5, 5.41) is 0. The zero-order valence-corrected chi connectivity index (χ0v) is 4.22. The highest BCUT2D eigenvalue weighted by molar-refractivity contribution is 7.80. The largest absolute Gasteiger partial charge is 0.293 e. The van der Waals surface area contributed by atoms with E-state index in [4.69, 9.17) is 5.73 Å². The van der Waals surface area contributed by atoms with E-state index in [0.29, 0.717) is 6.42 Å². The third kappa shape index (κ3) is 3.63. The van der Waals surface area contributed by atoms with Crippen molar-refractivity contribution in [2.45, 2.75) is 6.42 Å². The van der Waals surface area contributed by atoms with Gasteiger partial charge in [-0.1, -0.05) is 18.3 Å². The second kappa shape index (κ2) is 2.85. The zero-order valence-electron chi connectivity index (χ0n) is 3.40. The molecule has 0 saturated carbocycles. The van der Waals surface area contributed by atoms with Gasteiger partial charge >= 0.3 is 0 Å². The van der Waals surface area contributed by atoms with Crippen molar-refractivity contribution in [1.82, 2.24) is 5.73 Å². The van der Waals surface area contributed by atoms with Crippen molar-refractivity contribution in [3.05, 3.63) is 12.7 Å². The summed E-state index contributed by atoms with van der Waals surface area (Å²) >= 11 is 4.39. The summed E-state index contributed by atoms with van der Waals surface area (Å²) in [6.07, 6.45) is 2.16. The second-order valence-corrected chi connectivity index (χ2v) is 1.41. The van der Waals surface area contributed by atoms with E-state index in [0.717, 1.165) is 0 Å². The molecule has 0 saturated heterocycles. The summed E-state index contributed by atoms with van der Waals surface area (Å²) < 4.78 is 0. The summed E-state index contributed by atoms with van der Waals surface area (Å²) in [5.74, 6) is 0. The van der Waals surface area contributed by atoms with Gasteiger partial charge in [-0.05, 0) is 0 Å². The molecule has 1 nitrogen and oxygen atoms in total. The molecule has 0 bridgehead atoms. The van der Waals surface area contributed by atoms with Gasteiger partial charge in [-0.15, -0.1) is 6.58 Å². The molecule has 0 spiro atoms. The van der Waals surface area contributed by atoms with E-state index in [1.165, 1.54) is 0 Å². The summed E-state index contributed by atoms with van der Waals surface area (Å²) in [4.78, 5) is 0.255. The smallest absolute Gasteiger partial charge is 0.0977 e. The Balaban J connectivity index is 3.05. The first-order valence-corrected chi connectivity index (χ1v) is 2.03. The topological polar surface area (TPSA) is 23.8 Å². The predicted molar refractivity (Wildman–Crippen MR) is 30.5 cm³/mol. The van der Waals surface area contributed by atoms with Crippen LogP contribution in [0, 0.1) is 0 Å². The Labute approximate surface area is 42.8 Å². The first kappa shape index (κ1) is 5.63. The van der Waals surface area contributed by atoms with Crippen molar-refractivity contribution >= 4 is 17.2 Å². The Morgan fingerprint density at radius 3 is 2.50 bits per heavy atom. The highest BCUT2D eigenvalue weighted by atomic mass is 32.1. The van der Waals surface area contributed by atoms with Gasteiger partial charge in [-0.2, -0.15) is 0 Å². The molecule has 33 valence electrons. The molecule has 0 aromatic rings. The van der Waals surface area contributed by atoms with E-state index >= 15 is 0 Å². The summed E-state index contributed by atoms with van der Waals surface area (Å²) in [7, 11) is 0. The zero-order chi connectivity index (χ0) is 4.99. The van der Waals surface area contributed by atoms with Crippen molar-refractivity contribution in [3.63, 3.8) is 0 Å². The highest BCUT2D eigenvalue weighted by Gasteiger charge is 1.76. The number of rotatable bonds is 2. The van der Waals surface area contributed by atoms with E-state index in [1.807, 2.05) is 0 Å². The standard InChI is InChI=1S/C4H6NS/c1-2-3-4(5)6/h2,5H,1,3H2. The number of hydrogen-bond acceptors (Lipinski definition) is 1. The maximum absolute atomic E-state index is 6.64. The molecule has 0 aliphatic heterocycles. The van der Waals surface area contributed by atoms with Crippen LogP contribution in [-0.4, -0.2) is 4.99 Å². The van der Waals surface area contributed by atoms with Crippen molar-refractivity contribution < 1.29 is 0 Å². The molecule has 0 aliphatic carbocycles. The van der Waals surface area contributed by atoms with E-state index in [9.17, 15) is 0 Å². The quantitative estimate of drug-likeness (QED) is 0.377. The molecule has 0 fully saturated rings. The number of thiocarbonyl (C=S) groups is 1. The average Bonchev–Trinajstić information content (AvgIpc) is 1.35. The fraction of sp³-hybridized carbons (Fsp3) is 0.250. The van der Waals surface area contributed by atoms with Gasteiger partial charge in [0.15, 0.2) is 0 Å². The third-order valence-electron chi connectivity index (χ3n) is 0.330. The van der Waals surface area contributed by atoms with E-state index in [-0.39, 0.29) is 4.99 Å². The average molecular weight is 100 g/mol. The Hall–Kier alpha value is -0.370. The first-order valence-electron chi connectivity index (χ1n) is 1.62. The summed E-state index contributed by atoms with van der Waals surface area (Å²) in [6.45, 7) is 3.39. The van der Waals surface area contributed by atoms with Crippen LogP contribution in [0.15, 0.2) is 12.7 Å². The number of nitrogens with one attached hydrogen (secondary N) is 1. The van der Waals surface area contributed by atoms with Crippen LogP contribution in [0.1, 0.15) is 6.42 Å². The van der Waals surface area contributed by atoms with Crippen LogP contribution in [0.25, 0.3) is 0 Å². The Kier molecular flexibility index (Phi) is 2.67. The van der Waals surface area contributed by atoms with E-state index in [1.54, 1.807) is 6.08 Å². The lowest BCUT2D eigenvalue weighted by molar-refractivity contribution is 1.45. The maximum Gasteiger partial charge on any atom is 0.0977 e. The van der Waals surface area contributed by atoms with Gasteiger partial charge in [0.05, 0.1) is 4.99 Å². The second-order valence-electron chi connectivity index (χ2n) is 0.916. The number of hydrogen-bond donors (Lipinski definition) is 0. The Morgan fingerprint density at radius 2 is 2.50 bits per heavy atom. The molecular weight excluding hydrogens is 94.1 g/mol. The van der Waals surface area contributed by atoms with E-state index < -0.39 is 0 Å². The molecule has 0 unspecified atom stereocenters. The van der Waals surface area contributed by atoms with E-state index in [2.05, 4.69) is 18.8 Å². The van der Waals surface area contributed by atoms with Crippen molar-refractivity contribution in [3.8, 4) is 0 Å². The van der Waals surface area contributed by atoms with Gasteiger partial charge in [0.1, 0.15) is 0 Å². The van der Waals surface area contributed by atoms with Crippen LogP contribution in [0.4, 0.5) is 0 Å². The van der Waals surface area contributed by atoms with Crippen LogP contribution in [0.5, 0.6) is 0 Å². The van der Waals surface area contributed by atoms with Crippen LogP contribution < -0.4 is 5.73 Å². The third-order valence-corrected chi connectivity index (χ3v) is 0.496. The van der Waals surface area contributed by atoms with Crippen molar-refractivity contribution in [2.75, 3.05) is 0 Å². The lowest BCUT2D eigenvalue weighted by Gasteiger charge is -1.78. The molecule has 2 heteroatoms. The summed E-state index contributed by atoms with van der Waals surface area (Å²) in [6, 6.07) is 0. The fourth-order valence-corrected chi connectivity index (χ4v) is 0.249. The van der Waals surface area contributed by atoms with Gasteiger partial charge in [0.2, 0.25) is 0 Å². The molecule has 0 aliphatic rings. The first-order chi connectivity index (χ1) is 2.77. The molecule has 0 aromatic heterocycles. The predicted octanol–water partition coefficient (Wildman–Crippen LogP) is 1.17. The molecule has 0 amide bonds. The Morgan fingerprint density at radius 1 is 2.00 bits per heavy atom. The molecular formula is C4H6NS. The molecule has 0 rings (SSSR count). The van der Waals surface area contributed by atoms with Crippen LogP contribution in [0.2, 0.25) is 0 Å². The van der Waals surface area contributed by atoms with Crippen LogP contribution in [0.3, 0.4) is 0 Å². The van der Waals surface area contributed by atoms with Gasteiger partial charge in [-0.3, -0.25) is 5.73 Å². The minimum atomic E-state index is 0.255. The molecule has 6 heavy (non-hydrogen) atoms. The SMILES string of the molecule is C=CCC([NH])=S. The van der Waals surface area contributed by atoms with Crippen molar-refractivity contribution in [2.24, 2.45) is 0 Å².